The number of aromatic nitrogens is 1. The van der Waals surface area contributed by atoms with Gasteiger partial charge in [0, 0.05) is 18.5 Å². The fourth-order valence-electron chi connectivity index (χ4n) is 2.26. The summed E-state index contributed by atoms with van der Waals surface area (Å²) in [5, 5.41) is 0. The molecule has 0 aromatic carbocycles. The Hall–Kier alpha value is -1.18. The maximum absolute atomic E-state index is 11.9. The minimum atomic E-state index is 0.311. The van der Waals surface area contributed by atoms with E-state index in [0.717, 1.165) is 24.1 Å². The molecule has 0 N–H and O–H groups in total. The zero-order valence-electron chi connectivity index (χ0n) is 9.20. The largest absolute Gasteiger partial charge is 0.299 e. The smallest absolute Gasteiger partial charge is 0.141 e. The molecule has 0 radical (unpaired) electrons. The first kappa shape index (κ1) is 10.3. The quantitative estimate of drug-likeness (QED) is 0.756. The summed E-state index contributed by atoms with van der Waals surface area (Å²) >= 11 is 0. The van der Waals surface area contributed by atoms with Crippen LogP contribution in [0.3, 0.4) is 0 Å². The number of nitrogens with zero attached hydrogens (tertiary/aromatic N) is 1. The zero-order chi connectivity index (χ0) is 10.7. The second-order valence-electron chi connectivity index (χ2n) is 4.39. The number of aryl methyl sites for hydroxylation is 1. The van der Waals surface area contributed by atoms with Crippen LogP contribution < -0.4 is 0 Å². The van der Waals surface area contributed by atoms with E-state index in [1.165, 1.54) is 12.8 Å². The van der Waals surface area contributed by atoms with Crippen molar-refractivity contribution in [3.05, 3.63) is 29.6 Å². The van der Waals surface area contributed by atoms with Gasteiger partial charge in [0.1, 0.15) is 5.78 Å². The van der Waals surface area contributed by atoms with E-state index in [-0.39, 0.29) is 0 Å². The Morgan fingerprint density at radius 1 is 1.47 bits per heavy atom. The minimum absolute atomic E-state index is 0.311. The van der Waals surface area contributed by atoms with Gasteiger partial charge in [0.25, 0.3) is 0 Å². The Morgan fingerprint density at radius 3 is 2.87 bits per heavy atom. The fraction of sp³-hybridized carbons (Fsp3) is 0.538. The van der Waals surface area contributed by atoms with Crippen molar-refractivity contribution in [3.8, 4) is 0 Å². The zero-order valence-corrected chi connectivity index (χ0v) is 9.20. The molecule has 0 spiro atoms. The molecule has 0 bridgehead atoms. The van der Waals surface area contributed by atoms with Crippen LogP contribution in [0.25, 0.3) is 0 Å². The summed E-state index contributed by atoms with van der Waals surface area (Å²) in [7, 11) is 0. The van der Waals surface area contributed by atoms with E-state index in [9.17, 15) is 4.79 Å². The summed E-state index contributed by atoms with van der Waals surface area (Å²) in [5.74, 6) is 0.695. The topological polar surface area (TPSA) is 30.0 Å². The van der Waals surface area contributed by atoms with E-state index in [1.54, 1.807) is 6.20 Å². The van der Waals surface area contributed by atoms with Crippen molar-refractivity contribution >= 4 is 5.78 Å². The second kappa shape index (κ2) is 4.56. The first-order chi connectivity index (χ1) is 7.27. The van der Waals surface area contributed by atoms with Crippen LogP contribution >= 0.6 is 0 Å². The van der Waals surface area contributed by atoms with Gasteiger partial charge in [-0.05, 0) is 31.4 Å². The average molecular weight is 203 g/mol. The van der Waals surface area contributed by atoms with Crippen molar-refractivity contribution in [2.45, 2.75) is 39.0 Å². The molecule has 1 saturated carbocycles. The van der Waals surface area contributed by atoms with Crippen LogP contribution in [0.2, 0.25) is 0 Å². The van der Waals surface area contributed by atoms with E-state index in [0.29, 0.717) is 18.1 Å². The molecule has 1 aliphatic carbocycles. The predicted molar refractivity (Wildman–Crippen MR) is 59.6 cm³/mol. The maximum Gasteiger partial charge on any atom is 0.141 e. The summed E-state index contributed by atoms with van der Waals surface area (Å²) in [6.45, 7) is 2.02. The normalized spacial score (nSPS) is 16.9. The Kier molecular flexibility index (Phi) is 3.14. The van der Waals surface area contributed by atoms with Crippen LogP contribution in [0.15, 0.2) is 18.3 Å². The van der Waals surface area contributed by atoms with Crippen molar-refractivity contribution in [1.29, 1.82) is 0 Å². The first-order valence-electron chi connectivity index (χ1n) is 5.70. The Labute approximate surface area is 90.7 Å². The molecule has 0 aliphatic heterocycles. The minimum Gasteiger partial charge on any atom is -0.299 e. The molecule has 1 aromatic heterocycles. The molecule has 15 heavy (non-hydrogen) atoms. The van der Waals surface area contributed by atoms with Gasteiger partial charge in [-0.3, -0.25) is 9.78 Å². The lowest BCUT2D eigenvalue weighted by Crippen LogP contribution is -2.14. The van der Waals surface area contributed by atoms with Crippen molar-refractivity contribution in [2.75, 3.05) is 0 Å². The summed E-state index contributed by atoms with van der Waals surface area (Å²) < 4.78 is 0. The third kappa shape index (κ3) is 2.44. The maximum atomic E-state index is 11.9. The summed E-state index contributed by atoms with van der Waals surface area (Å²) in [5.41, 5.74) is 2.08. The molecular formula is C13H17NO. The van der Waals surface area contributed by atoms with Gasteiger partial charge in [-0.1, -0.05) is 18.9 Å². The SMILES string of the molecule is Cc1cccnc1CC(=O)C1CCCC1. The molecule has 80 valence electrons. The monoisotopic (exact) mass is 203 g/mol. The molecule has 2 nitrogen and oxygen atoms in total. The van der Waals surface area contributed by atoms with Gasteiger partial charge in [0.2, 0.25) is 0 Å². The lowest BCUT2D eigenvalue weighted by molar-refractivity contribution is -0.122. The van der Waals surface area contributed by atoms with Gasteiger partial charge >= 0.3 is 0 Å². The van der Waals surface area contributed by atoms with Crippen LogP contribution in [0.1, 0.15) is 36.9 Å². The van der Waals surface area contributed by atoms with Crippen LogP contribution in [-0.4, -0.2) is 10.8 Å². The average Bonchev–Trinajstić information content (AvgIpc) is 2.74. The molecule has 2 heteroatoms. The predicted octanol–water partition coefficient (Wildman–Crippen LogP) is 2.69. The van der Waals surface area contributed by atoms with Crippen LogP contribution in [-0.2, 0) is 11.2 Å². The number of Topliss-reactive ketones (excluding diaryl/α,β-unsaturated/α-hetero) is 1. The van der Waals surface area contributed by atoms with Gasteiger partial charge in [-0.2, -0.15) is 0 Å². The van der Waals surface area contributed by atoms with Gasteiger partial charge in [0.05, 0.1) is 5.69 Å². The number of hydrogen-bond donors (Lipinski definition) is 0. The fourth-order valence-corrected chi connectivity index (χ4v) is 2.26. The highest BCUT2D eigenvalue weighted by Gasteiger charge is 2.23. The summed E-state index contributed by atoms with van der Waals surface area (Å²) in [6, 6.07) is 3.93. The van der Waals surface area contributed by atoms with E-state index >= 15 is 0 Å². The van der Waals surface area contributed by atoms with Crippen LogP contribution in [0.4, 0.5) is 0 Å². The van der Waals surface area contributed by atoms with E-state index in [4.69, 9.17) is 0 Å². The Bertz CT molecular complexity index is 353. The molecule has 2 rings (SSSR count). The number of ketones is 1. The number of pyridine rings is 1. The third-order valence-corrected chi connectivity index (χ3v) is 3.27. The molecule has 0 atom stereocenters. The lowest BCUT2D eigenvalue weighted by atomic mass is 9.97. The van der Waals surface area contributed by atoms with Crippen molar-refractivity contribution in [2.24, 2.45) is 5.92 Å². The molecule has 1 fully saturated rings. The van der Waals surface area contributed by atoms with Crippen LogP contribution in [0.5, 0.6) is 0 Å². The molecule has 1 aromatic rings. The van der Waals surface area contributed by atoms with E-state index in [2.05, 4.69) is 4.98 Å². The summed E-state index contributed by atoms with van der Waals surface area (Å²) in [4.78, 5) is 16.2. The number of rotatable bonds is 3. The Balaban J connectivity index is 2.02. The molecule has 1 aliphatic rings. The molecule has 0 unspecified atom stereocenters. The highest BCUT2D eigenvalue weighted by Crippen LogP contribution is 2.26. The summed E-state index contributed by atoms with van der Waals surface area (Å²) in [6.07, 6.45) is 6.91. The van der Waals surface area contributed by atoms with Crippen molar-refractivity contribution < 1.29 is 4.79 Å². The van der Waals surface area contributed by atoms with Gasteiger partial charge in [0.15, 0.2) is 0 Å². The van der Waals surface area contributed by atoms with Crippen molar-refractivity contribution in [1.82, 2.24) is 4.98 Å². The van der Waals surface area contributed by atoms with Crippen molar-refractivity contribution in [3.63, 3.8) is 0 Å². The standard InChI is InChI=1S/C13H17NO/c1-10-5-4-8-14-12(10)9-13(15)11-6-2-3-7-11/h4-5,8,11H,2-3,6-7,9H2,1H3. The number of carbonyl (C=O) groups is 1. The lowest BCUT2D eigenvalue weighted by Gasteiger charge is -2.08. The van der Waals surface area contributed by atoms with Gasteiger partial charge in [-0.15, -0.1) is 0 Å². The highest BCUT2D eigenvalue weighted by molar-refractivity contribution is 5.83. The second-order valence-corrected chi connectivity index (χ2v) is 4.39. The molecule has 0 saturated heterocycles. The van der Waals surface area contributed by atoms with E-state index < -0.39 is 0 Å². The molecule has 1 heterocycles. The van der Waals surface area contributed by atoms with Crippen LogP contribution in [0, 0.1) is 12.8 Å². The third-order valence-electron chi connectivity index (χ3n) is 3.27. The molecule has 0 amide bonds. The number of carbonyl (C=O) groups excluding carboxylic acids is 1. The van der Waals surface area contributed by atoms with Gasteiger partial charge in [-0.25, -0.2) is 0 Å². The Morgan fingerprint density at radius 2 is 2.20 bits per heavy atom. The highest BCUT2D eigenvalue weighted by atomic mass is 16.1. The van der Waals surface area contributed by atoms with E-state index in [1.807, 2.05) is 19.1 Å². The molecular weight excluding hydrogens is 186 g/mol. The first-order valence-corrected chi connectivity index (χ1v) is 5.70. The number of hydrogen-bond acceptors (Lipinski definition) is 2. The van der Waals surface area contributed by atoms with Gasteiger partial charge < -0.3 is 0 Å².